The lowest BCUT2D eigenvalue weighted by Gasteiger charge is -2.36. The average molecular weight is 349 g/mol. The molecule has 0 aromatic carbocycles. The van der Waals surface area contributed by atoms with Crippen LogP contribution < -0.4 is 5.32 Å². The minimum Gasteiger partial charge on any atom is -0.379 e. The highest BCUT2D eigenvalue weighted by molar-refractivity contribution is 5.74. The van der Waals surface area contributed by atoms with Crippen LogP contribution in [0.15, 0.2) is 12.4 Å². The zero-order valence-electron chi connectivity index (χ0n) is 15.3. The maximum absolute atomic E-state index is 12.4. The standard InChI is InChI=1S/C18H31N5O2/c1-16-19-6-9-22(16)8-3-5-20-18(24)23-7-2-4-17(15-23)14-21-10-12-25-13-11-21/h6,9,17H,2-5,7-8,10-15H2,1H3,(H,20,24). The third-order valence-corrected chi connectivity index (χ3v) is 5.20. The van der Waals surface area contributed by atoms with Gasteiger partial charge in [0.05, 0.1) is 13.2 Å². The number of aromatic nitrogens is 2. The fraction of sp³-hybridized carbons (Fsp3) is 0.778. The Morgan fingerprint density at radius 3 is 2.96 bits per heavy atom. The number of imidazole rings is 1. The van der Waals surface area contributed by atoms with E-state index in [9.17, 15) is 4.79 Å². The molecule has 140 valence electrons. The molecule has 7 heteroatoms. The van der Waals surface area contributed by atoms with Gasteiger partial charge in [0.25, 0.3) is 0 Å². The maximum atomic E-state index is 12.4. The van der Waals surface area contributed by atoms with Gasteiger partial charge in [-0.25, -0.2) is 9.78 Å². The van der Waals surface area contributed by atoms with Crippen LogP contribution in [0.25, 0.3) is 0 Å². The molecule has 3 heterocycles. The van der Waals surface area contributed by atoms with Crippen LogP contribution in [-0.2, 0) is 11.3 Å². The number of nitrogens with zero attached hydrogens (tertiary/aromatic N) is 4. The molecule has 1 aromatic heterocycles. The molecule has 0 spiro atoms. The number of carbonyl (C=O) groups is 1. The van der Waals surface area contributed by atoms with Crippen LogP contribution in [0.1, 0.15) is 25.1 Å². The molecule has 7 nitrogen and oxygen atoms in total. The van der Waals surface area contributed by atoms with Crippen molar-refractivity contribution in [2.75, 3.05) is 52.5 Å². The Morgan fingerprint density at radius 2 is 2.20 bits per heavy atom. The zero-order valence-corrected chi connectivity index (χ0v) is 15.3. The summed E-state index contributed by atoms with van der Waals surface area (Å²) in [5.41, 5.74) is 0. The van der Waals surface area contributed by atoms with Crippen molar-refractivity contribution in [1.82, 2.24) is 24.7 Å². The smallest absolute Gasteiger partial charge is 0.317 e. The molecule has 0 aliphatic carbocycles. The molecule has 2 saturated heterocycles. The lowest BCUT2D eigenvalue weighted by atomic mass is 9.97. The molecule has 1 unspecified atom stereocenters. The molecule has 0 radical (unpaired) electrons. The number of hydrogen-bond acceptors (Lipinski definition) is 4. The number of likely N-dealkylation sites (tertiary alicyclic amines) is 1. The Hall–Kier alpha value is -1.60. The number of morpholine rings is 1. The molecule has 2 amide bonds. The second kappa shape index (κ2) is 9.20. The molecule has 1 aromatic rings. The molecule has 0 saturated carbocycles. The Labute approximate surface area is 150 Å². The number of nitrogens with one attached hydrogen (secondary N) is 1. The van der Waals surface area contributed by atoms with Crippen molar-refractivity contribution < 1.29 is 9.53 Å². The third-order valence-electron chi connectivity index (χ3n) is 5.20. The molecule has 2 aliphatic heterocycles. The Kier molecular flexibility index (Phi) is 6.69. The first-order valence-corrected chi connectivity index (χ1v) is 9.53. The molecular weight excluding hydrogens is 318 g/mol. The SMILES string of the molecule is Cc1nccn1CCCNC(=O)N1CCCC(CN2CCOCC2)C1. The number of urea groups is 1. The van der Waals surface area contributed by atoms with Gasteiger partial charge >= 0.3 is 6.03 Å². The van der Waals surface area contributed by atoms with E-state index in [2.05, 4.69) is 19.8 Å². The van der Waals surface area contributed by atoms with Gasteiger partial charge in [-0.05, 0) is 32.1 Å². The summed E-state index contributed by atoms with van der Waals surface area (Å²) in [7, 11) is 0. The van der Waals surface area contributed by atoms with Crippen LogP contribution >= 0.6 is 0 Å². The lowest BCUT2D eigenvalue weighted by molar-refractivity contribution is 0.0249. The van der Waals surface area contributed by atoms with Crippen molar-refractivity contribution >= 4 is 6.03 Å². The molecule has 0 bridgehead atoms. The summed E-state index contributed by atoms with van der Waals surface area (Å²) < 4.78 is 7.53. The van der Waals surface area contributed by atoms with E-state index in [1.54, 1.807) is 0 Å². The van der Waals surface area contributed by atoms with E-state index in [0.29, 0.717) is 12.5 Å². The molecule has 3 rings (SSSR count). The monoisotopic (exact) mass is 349 g/mol. The van der Waals surface area contributed by atoms with Crippen molar-refractivity contribution in [1.29, 1.82) is 0 Å². The van der Waals surface area contributed by atoms with Gasteiger partial charge < -0.3 is 19.5 Å². The quantitative estimate of drug-likeness (QED) is 0.787. The highest BCUT2D eigenvalue weighted by Gasteiger charge is 2.25. The highest BCUT2D eigenvalue weighted by atomic mass is 16.5. The molecule has 1 atom stereocenters. The number of carbonyl (C=O) groups excluding carboxylic acids is 1. The molecule has 25 heavy (non-hydrogen) atoms. The predicted molar refractivity (Wildman–Crippen MR) is 96.5 cm³/mol. The van der Waals surface area contributed by atoms with Crippen LogP contribution in [0.2, 0.25) is 0 Å². The fourth-order valence-electron chi connectivity index (χ4n) is 3.74. The normalized spacial score (nSPS) is 22.1. The van der Waals surface area contributed by atoms with E-state index in [4.69, 9.17) is 4.74 Å². The summed E-state index contributed by atoms with van der Waals surface area (Å²) in [5, 5.41) is 3.08. The van der Waals surface area contributed by atoms with Gasteiger partial charge in [0.15, 0.2) is 0 Å². The van der Waals surface area contributed by atoms with E-state index in [1.165, 1.54) is 6.42 Å². The second-order valence-corrected chi connectivity index (χ2v) is 7.12. The minimum absolute atomic E-state index is 0.0917. The van der Waals surface area contributed by atoms with Crippen molar-refractivity contribution in [2.45, 2.75) is 32.7 Å². The van der Waals surface area contributed by atoms with Gasteiger partial charge in [-0.2, -0.15) is 0 Å². The van der Waals surface area contributed by atoms with Gasteiger partial charge in [-0.3, -0.25) is 4.90 Å². The van der Waals surface area contributed by atoms with Crippen molar-refractivity contribution in [3.63, 3.8) is 0 Å². The van der Waals surface area contributed by atoms with Gasteiger partial charge in [-0.15, -0.1) is 0 Å². The van der Waals surface area contributed by atoms with Crippen LogP contribution in [0.4, 0.5) is 4.79 Å². The highest BCUT2D eigenvalue weighted by Crippen LogP contribution is 2.18. The van der Waals surface area contributed by atoms with E-state index in [0.717, 1.165) is 71.1 Å². The summed E-state index contributed by atoms with van der Waals surface area (Å²) in [4.78, 5) is 21.1. The number of piperidine rings is 1. The molecular formula is C18H31N5O2. The number of ether oxygens (including phenoxy) is 1. The summed E-state index contributed by atoms with van der Waals surface area (Å²) in [5.74, 6) is 1.61. The number of hydrogen-bond donors (Lipinski definition) is 1. The number of amides is 2. The first kappa shape index (κ1) is 18.2. The number of aryl methyl sites for hydroxylation is 2. The Morgan fingerprint density at radius 1 is 1.36 bits per heavy atom. The van der Waals surface area contributed by atoms with Crippen LogP contribution in [-0.4, -0.2) is 77.9 Å². The summed E-state index contributed by atoms with van der Waals surface area (Å²) in [6.45, 7) is 10.2. The van der Waals surface area contributed by atoms with Crippen LogP contribution in [0.3, 0.4) is 0 Å². The Balaban J connectivity index is 1.35. The molecule has 2 aliphatic rings. The second-order valence-electron chi connectivity index (χ2n) is 7.12. The lowest BCUT2D eigenvalue weighted by Crippen LogP contribution is -2.49. The summed E-state index contributed by atoms with van der Waals surface area (Å²) >= 11 is 0. The van der Waals surface area contributed by atoms with E-state index in [-0.39, 0.29) is 6.03 Å². The Bertz CT molecular complexity index is 541. The fourth-order valence-corrected chi connectivity index (χ4v) is 3.74. The molecule has 1 N–H and O–H groups in total. The third kappa shape index (κ3) is 5.44. The summed E-state index contributed by atoms with van der Waals surface area (Å²) in [6.07, 6.45) is 7.06. The number of rotatable bonds is 6. The van der Waals surface area contributed by atoms with Gasteiger partial charge in [0.1, 0.15) is 5.82 Å². The van der Waals surface area contributed by atoms with Gasteiger partial charge in [0, 0.05) is 58.2 Å². The zero-order chi connectivity index (χ0) is 17.5. The van der Waals surface area contributed by atoms with E-state index >= 15 is 0 Å². The minimum atomic E-state index is 0.0917. The predicted octanol–water partition coefficient (Wildman–Crippen LogP) is 1.34. The topological polar surface area (TPSA) is 62.6 Å². The van der Waals surface area contributed by atoms with Crippen molar-refractivity contribution in [3.8, 4) is 0 Å². The van der Waals surface area contributed by atoms with Crippen LogP contribution in [0.5, 0.6) is 0 Å². The maximum Gasteiger partial charge on any atom is 0.317 e. The first-order valence-electron chi connectivity index (χ1n) is 9.53. The van der Waals surface area contributed by atoms with E-state index in [1.807, 2.05) is 24.2 Å². The molecule has 2 fully saturated rings. The van der Waals surface area contributed by atoms with Crippen molar-refractivity contribution in [2.24, 2.45) is 5.92 Å². The average Bonchev–Trinajstić information content (AvgIpc) is 3.04. The first-order chi connectivity index (χ1) is 12.2. The van der Waals surface area contributed by atoms with Gasteiger partial charge in [-0.1, -0.05) is 0 Å². The summed E-state index contributed by atoms with van der Waals surface area (Å²) in [6, 6.07) is 0.0917. The van der Waals surface area contributed by atoms with Crippen molar-refractivity contribution in [3.05, 3.63) is 18.2 Å². The van der Waals surface area contributed by atoms with E-state index < -0.39 is 0 Å². The van der Waals surface area contributed by atoms with Gasteiger partial charge in [0.2, 0.25) is 0 Å². The van der Waals surface area contributed by atoms with Crippen LogP contribution in [0, 0.1) is 12.8 Å². The largest absolute Gasteiger partial charge is 0.379 e.